The molecular weight excluding hydrogens is 947 g/mol. The number of pyridine rings is 2. The Labute approximate surface area is 420 Å². The summed E-state index contributed by atoms with van der Waals surface area (Å²) in [6.07, 6.45) is 6.31. The molecule has 22 heteroatoms. The number of imide groups is 1. The summed E-state index contributed by atoms with van der Waals surface area (Å²) < 4.78 is 29.5. The van der Waals surface area contributed by atoms with E-state index in [1.165, 1.54) is 31.3 Å². The number of anilines is 1. The van der Waals surface area contributed by atoms with Gasteiger partial charge in [0.15, 0.2) is 23.0 Å². The lowest BCUT2D eigenvalue weighted by Crippen LogP contribution is -2.51. The van der Waals surface area contributed by atoms with E-state index < -0.39 is 30.0 Å². The number of likely N-dealkylation sites (N-methyl/N-ethyl adjacent to an activating group) is 1. The summed E-state index contributed by atoms with van der Waals surface area (Å²) >= 11 is 0. The number of aromatic nitrogens is 2. The Bertz CT molecular complexity index is 2960. The number of carbonyl (C=O) groups is 7. The molecule has 5 aromatic rings. The first kappa shape index (κ1) is 53.9. The molecule has 388 valence electrons. The van der Waals surface area contributed by atoms with Crippen molar-refractivity contribution < 1.29 is 57.2 Å². The highest BCUT2D eigenvalue weighted by Crippen LogP contribution is 2.40. The average Bonchev–Trinajstić information content (AvgIpc) is 3.98. The molecule has 2 aliphatic heterocycles. The number of urea groups is 1. The first-order chi connectivity index (χ1) is 35.0. The van der Waals surface area contributed by atoms with Gasteiger partial charge in [-0.15, -0.1) is 0 Å². The largest absolute Gasteiger partial charge is 0.493 e. The first-order valence-corrected chi connectivity index (χ1v) is 23.7. The molecule has 2 aliphatic rings. The molecule has 8 amide bonds. The van der Waals surface area contributed by atoms with Gasteiger partial charge in [0.2, 0.25) is 24.5 Å². The number of rotatable bonds is 21. The number of methoxy groups -OCH3 is 2. The van der Waals surface area contributed by atoms with E-state index in [0.29, 0.717) is 92.6 Å². The zero-order chi connectivity index (χ0) is 52.8. The molecule has 3 aromatic carbocycles. The van der Waals surface area contributed by atoms with E-state index in [0.717, 1.165) is 11.3 Å². The van der Waals surface area contributed by atoms with Gasteiger partial charge in [0.1, 0.15) is 12.6 Å². The smallest absolute Gasteiger partial charge is 0.409 e. The monoisotopic (exact) mass is 1010 g/mol. The lowest BCUT2D eigenvalue weighted by molar-refractivity contribution is -0.137. The fourth-order valence-electron chi connectivity index (χ4n) is 7.97. The summed E-state index contributed by atoms with van der Waals surface area (Å²) in [6, 6.07) is 12.3. The van der Waals surface area contributed by atoms with Crippen LogP contribution in [0.4, 0.5) is 15.3 Å². The molecule has 6 N–H and O–H groups in total. The van der Waals surface area contributed by atoms with E-state index in [4.69, 9.17) is 29.4 Å². The van der Waals surface area contributed by atoms with Gasteiger partial charge in [-0.1, -0.05) is 39.3 Å². The number of unbranched alkanes of at least 4 members (excludes halogenated alkanes) is 2. The van der Waals surface area contributed by atoms with Crippen molar-refractivity contribution in [1.29, 1.82) is 0 Å². The van der Waals surface area contributed by atoms with Crippen LogP contribution in [0.5, 0.6) is 23.0 Å². The van der Waals surface area contributed by atoms with Crippen molar-refractivity contribution in [2.45, 2.75) is 72.1 Å². The third-order valence-corrected chi connectivity index (χ3v) is 11.9. The van der Waals surface area contributed by atoms with E-state index in [-0.39, 0.29) is 75.2 Å². The predicted molar refractivity (Wildman–Crippen MR) is 270 cm³/mol. The molecule has 0 radical (unpaired) electrons. The number of amides is 8. The Morgan fingerprint density at radius 2 is 1.49 bits per heavy atom. The summed E-state index contributed by atoms with van der Waals surface area (Å²) in [6.45, 7) is 6.36. The minimum absolute atomic E-state index is 0.0651. The molecule has 0 bridgehead atoms. The minimum Gasteiger partial charge on any atom is -0.493 e. The number of nitrogens with zero attached hydrogens (tertiary/aromatic N) is 4. The molecule has 0 aliphatic carbocycles. The van der Waals surface area contributed by atoms with Crippen LogP contribution in [0, 0.1) is 5.92 Å². The highest BCUT2D eigenvalue weighted by atomic mass is 16.7. The van der Waals surface area contributed by atoms with Gasteiger partial charge in [0, 0.05) is 85.9 Å². The molecule has 0 saturated heterocycles. The van der Waals surface area contributed by atoms with E-state index in [2.05, 4.69) is 26.3 Å². The highest BCUT2D eigenvalue weighted by molar-refractivity contribution is 6.15. The van der Waals surface area contributed by atoms with Crippen molar-refractivity contribution in [3.63, 3.8) is 0 Å². The molecule has 73 heavy (non-hydrogen) atoms. The quantitative estimate of drug-likeness (QED) is 0.0386. The van der Waals surface area contributed by atoms with Crippen molar-refractivity contribution in [1.82, 2.24) is 35.3 Å². The topological polar surface area (TPSA) is 281 Å². The Balaban J connectivity index is 0.00000116. The van der Waals surface area contributed by atoms with Crippen molar-refractivity contribution in [2.24, 2.45) is 11.7 Å². The molecule has 2 aromatic heterocycles. The number of hydrogen-bond acceptors (Lipinski definition) is 14. The summed E-state index contributed by atoms with van der Waals surface area (Å²) in [5.74, 6) is -0.344. The summed E-state index contributed by atoms with van der Waals surface area (Å²) in [4.78, 5) is 106. The zero-order valence-electron chi connectivity index (χ0n) is 41.7. The van der Waals surface area contributed by atoms with Gasteiger partial charge in [-0.3, -0.25) is 38.7 Å². The minimum atomic E-state index is -0.863. The molecule has 0 spiro atoms. The average molecular weight is 1010 g/mol. The second-order valence-corrected chi connectivity index (χ2v) is 17.4. The van der Waals surface area contributed by atoms with Gasteiger partial charge in [-0.05, 0) is 61.1 Å². The Hall–Kier alpha value is -8.43. The zero-order valence-corrected chi connectivity index (χ0v) is 41.7. The van der Waals surface area contributed by atoms with Crippen molar-refractivity contribution in [2.75, 3.05) is 59.6 Å². The maximum atomic E-state index is 14.3. The molecule has 4 heterocycles. The number of carbonyl (C=O) groups excluding carboxylic acids is 7. The molecule has 0 fully saturated rings. The normalized spacial score (nSPS) is 12.9. The van der Waals surface area contributed by atoms with Gasteiger partial charge in [0.05, 0.1) is 37.2 Å². The second kappa shape index (κ2) is 25.1. The third-order valence-electron chi connectivity index (χ3n) is 11.9. The Kier molecular flexibility index (Phi) is 18.5. The fraction of sp³-hybridized carbons (Fsp3) is 0.392. The first-order valence-electron chi connectivity index (χ1n) is 23.7. The van der Waals surface area contributed by atoms with Gasteiger partial charge >= 0.3 is 12.1 Å². The summed E-state index contributed by atoms with van der Waals surface area (Å²) in [5.41, 5.74) is 6.70. The maximum absolute atomic E-state index is 14.3. The number of ether oxygens (including phenoxy) is 5. The fourth-order valence-corrected chi connectivity index (χ4v) is 7.97. The van der Waals surface area contributed by atoms with E-state index >= 15 is 0 Å². The van der Waals surface area contributed by atoms with Crippen LogP contribution in [-0.2, 0) is 41.9 Å². The molecule has 1 unspecified atom stereocenters. The number of primary amides is 1. The van der Waals surface area contributed by atoms with Crippen LogP contribution in [-0.4, -0.2) is 121 Å². The standard InChI is InChI=1S/C47H51N7O12.C4H10N2O/c1-27(2)43(51-39(55)9-7-6-8-16-53-41(57)14-15-42(53)58)45(59)49-24-40(56)50-29-12-10-28(11-13-29)25-64-47(61)52(3)17-18-54-44-32-21-37-38(66-26-65-37)22-34(32)48-23-33(44)30-19-35(62-4)36(63-5)20-31(30)46(54)60;1-2-3-6-4(5)7/h10-15,19-23,27,43H,6-9,16-18,24-26H2,1-5H3,(H,49,59)(H,50,56)(H,51,55);2-3H2,1H3,(H3,5,6,7). The molecular formula is C51H61N9O13. The lowest BCUT2D eigenvalue weighted by atomic mass is 10.0. The molecule has 22 nitrogen and oxygen atoms in total. The Morgan fingerprint density at radius 1 is 0.822 bits per heavy atom. The third kappa shape index (κ3) is 13.7. The van der Waals surface area contributed by atoms with Crippen molar-refractivity contribution >= 4 is 79.9 Å². The lowest BCUT2D eigenvalue weighted by Gasteiger charge is -2.21. The van der Waals surface area contributed by atoms with Crippen LogP contribution in [0.2, 0.25) is 0 Å². The van der Waals surface area contributed by atoms with Crippen LogP contribution in [0.15, 0.2) is 71.7 Å². The van der Waals surface area contributed by atoms with Crippen LogP contribution in [0.25, 0.3) is 32.6 Å². The number of fused-ring (bicyclic) bond motifs is 6. The highest BCUT2D eigenvalue weighted by Gasteiger charge is 2.26. The van der Waals surface area contributed by atoms with Crippen molar-refractivity contribution in [3.8, 4) is 23.0 Å². The Morgan fingerprint density at radius 3 is 2.12 bits per heavy atom. The van der Waals surface area contributed by atoms with Gasteiger partial charge in [-0.2, -0.15) is 0 Å². The van der Waals surface area contributed by atoms with E-state index in [1.807, 2.05) is 6.92 Å². The van der Waals surface area contributed by atoms with E-state index in [9.17, 15) is 38.4 Å². The van der Waals surface area contributed by atoms with Gasteiger partial charge < -0.3 is 60.2 Å². The SMILES string of the molecule is CCCNC(N)=O.COc1cc2c(=O)n(CCN(C)C(=O)OCc3ccc(NC(=O)CNC(=O)C(NC(=O)CCCCCN4C(=O)C=CC4=O)C(C)C)cc3)c3c4cc5c(cc4ncc3c2cc1OC)OCO5. The van der Waals surface area contributed by atoms with E-state index in [1.54, 1.807) is 80.2 Å². The predicted octanol–water partition coefficient (Wildman–Crippen LogP) is 4.46. The number of nitrogens with two attached hydrogens (primary N) is 1. The maximum Gasteiger partial charge on any atom is 0.409 e. The van der Waals surface area contributed by atoms with Crippen LogP contribution in [0.1, 0.15) is 58.4 Å². The second-order valence-electron chi connectivity index (χ2n) is 17.4. The van der Waals surface area contributed by atoms with Crippen molar-refractivity contribution in [3.05, 3.63) is 82.8 Å². The van der Waals surface area contributed by atoms with Gasteiger partial charge in [0.25, 0.3) is 17.4 Å². The number of benzene rings is 3. The molecule has 0 saturated carbocycles. The molecule has 7 rings (SSSR count). The summed E-state index contributed by atoms with van der Waals surface area (Å²) in [7, 11) is 4.59. The van der Waals surface area contributed by atoms with Crippen LogP contribution in [0.3, 0.4) is 0 Å². The van der Waals surface area contributed by atoms with Crippen LogP contribution < -0.4 is 51.5 Å². The van der Waals surface area contributed by atoms with Crippen LogP contribution >= 0.6 is 0 Å². The number of hydrogen-bond donors (Lipinski definition) is 5. The molecule has 1 atom stereocenters. The summed E-state index contributed by atoms with van der Waals surface area (Å²) in [5, 5.41) is 12.8. The van der Waals surface area contributed by atoms with Gasteiger partial charge in [-0.25, -0.2) is 9.59 Å². The number of nitrogens with one attached hydrogen (secondary N) is 4.